The number of imidazole rings is 1. The van der Waals surface area contributed by atoms with Crippen molar-refractivity contribution in [3.63, 3.8) is 0 Å². The van der Waals surface area contributed by atoms with Crippen LogP contribution in [0, 0.1) is 6.92 Å². The van der Waals surface area contributed by atoms with Crippen molar-refractivity contribution in [2.45, 2.75) is 6.92 Å². The maximum absolute atomic E-state index is 4.66. The first-order chi connectivity index (χ1) is 11.3. The molecule has 0 unspecified atom stereocenters. The molecule has 0 aliphatic carbocycles. The molecular weight excluding hydrogens is 282 g/mol. The van der Waals surface area contributed by atoms with E-state index in [9.17, 15) is 0 Å². The number of aryl methyl sites for hydroxylation is 2. The molecule has 3 nitrogen and oxygen atoms in total. The van der Waals surface area contributed by atoms with Gasteiger partial charge in [-0.05, 0) is 30.7 Å². The van der Waals surface area contributed by atoms with Crippen LogP contribution in [0.4, 0.5) is 0 Å². The molecule has 3 heterocycles. The second-order valence-electron chi connectivity index (χ2n) is 6.08. The lowest BCUT2D eigenvalue weighted by Crippen LogP contribution is -2.27. The molecular formula is C20H16N3+. The predicted molar refractivity (Wildman–Crippen MR) is 93.6 cm³/mol. The first kappa shape index (κ1) is 12.6. The van der Waals surface area contributed by atoms with Crippen LogP contribution < -0.4 is 4.57 Å². The summed E-state index contributed by atoms with van der Waals surface area (Å²) < 4.78 is 4.55. The van der Waals surface area contributed by atoms with Crippen LogP contribution in [-0.4, -0.2) is 9.38 Å². The van der Waals surface area contributed by atoms with Crippen molar-refractivity contribution in [3.05, 3.63) is 66.4 Å². The van der Waals surface area contributed by atoms with E-state index in [4.69, 9.17) is 0 Å². The van der Waals surface area contributed by atoms with Crippen molar-refractivity contribution in [1.29, 1.82) is 0 Å². The molecule has 0 aliphatic rings. The Morgan fingerprint density at radius 2 is 1.74 bits per heavy atom. The predicted octanol–water partition coefficient (Wildman–Crippen LogP) is 3.93. The molecule has 0 fully saturated rings. The summed E-state index contributed by atoms with van der Waals surface area (Å²) in [5.74, 6) is 0. The number of hydrogen-bond acceptors (Lipinski definition) is 1. The van der Waals surface area contributed by atoms with E-state index in [0.29, 0.717) is 0 Å². The molecule has 0 N–H and O–H groups in total. The van der Waals surface area contributed by atoms with Gasteiger partial charge >= 0.3 is 0 Å². The van der Waals surface area contributed by atoms with Gasteiger partial charge < -0.3 is 0 Å². The number of para-hydroxylation sites is 1. The molecule has 0 amide bonds. The minimum Gasteiger partial charge on any atom is -0.224 e. The van der Waals surface area contributed by atoms with Gasteiger partial charge in [-0.15, -0.1) is 0 Å². The molecule has 0 saturated carbocycles. The Balaban J connectivity index is 2.30. The molecule has 0 radical (unpaired) electrons. The average Bonchev–Trinajstić information content (AvgIpc) is 2.89. The number of benzene rings is 2. The first-order valence-corrected chi connectivity index (χ1v) is 7.82. The lowest BCUT2D eigenvalue weighted by atomic mass is 10.0. The third-order valence-corrected chi connectivity index (χ3v) is 4.80. The molecule has 5 rings (SSSR count). The maximum atomic E-state index is 4.66. The second-order valence-corrected chi connectivity index (χ2v) is 6.08. The molecule has 0 aliphatic heterocycles. The zero-order chi connectivity index (χ0) is 15.6. The highest BCUT2D eigenvalue weighted by atomic mass is 15.1. The molecule has 0 atom stereocenters. The summed E-state index contributed by atoms with van der Waals surface area (Å²) in [6.07, 6.45) is 1.87. The van der Waals surface area contributed by atoms with E-state index in [-0.39, 0.29) is 0 Å². The summed E-state index contributed by atoms with van der Waals surface area (Å²) >= 11 is 0. The van der Waals surface area contributed by atoms with Gasteiger partial charge in [0.05, 0.1) is 12.4 Å². The molecule has 2 aromatic carbocycles. The van der Waals surface area contributed by atoms with Crippen LogP contribution in [0.3, 0.4) is 0 Å². The summed E-state index contributed by atoms with van der Waals surface area (Å²) in [6, 6.07) is 19.3. The lowest BCUT2D eigenvalue weighted by molar-refractivity contribution is -0.617. The molecule has 110 valence electrons. The molecule has 3 aromatic heterocycles. The van der Waals surface area contributed by atoms with Crippen molar-refractivity contribution >= 4 is 38.5 Å². The minimum atomic E-state index is 1.01. The van der Waals surface area contributed by atoms with Crippen LogP contribution in [0.25, 0.3) is 38.5 Å². The molecule has 23 heavy (non-hydrogen) atoms. The smallest absolute Gasteiger partial charge is 0.224 e. The van der Waals surface area contributed by atoms with E-state index in [1.54, 1.807) is 0 Å². The topological polar surface area (TPSA) is 21.2 Å². The van der Waals surface area contributed by atoms with Crippen LogP contribution in [0.5, 0.6) is 0 Å². The third-order valence-electron chi connectivity index (χ3n) is 4.80. The molecule has 0 spiro atoms. The summed E-state index contributed by atoms with van der Waals surface area (Å²) in [5.41, 5.74) is 5.84. The Labute approximate surface area is 133 Å². The monoisotopic (exact) mass is 298 g/mol. The van der Waals surface area contributed by atoms with E-state index in [1.807, 2.05) is 12.3 Å². The minimum absolute atomic E-state index is 1.01. The van der Waals surface area contributed by atoms with Crippen molar-refractivity contribution in [1.82, 2.24) is 9.38 Å². The van der Waals surface area contributed by atoms with Gasteiger partial charge in [0.1, 0.15) is 5.52 Å². The Bertz CT molecular complexity index is 1230. The summed E-state index contributed by atoms with van der Waals surface area (Å²) in [7, 11) is 2.12. The average molecular weight is 298 g/mol. The van der Waals surface area contributed by atoms with Crippen LogP contribution >= 0.6 is 0 Å². The van der Waals surface area contributed by atoms with Crippen LogP contribution in [0.2, 0.25) is 0 Å². The van der Waals surface area contributed by atoms with Crippen LogP contribution in [-0.2, 0) is 7.05 Å². The van der Waals surface area contributed by atoms with E-state index in [2.05, 4.69) is 76.5 Å². The van der Waals surface area contributed by atoms with Crippen LogP contribution in [0.1, 0.15) is 5.56 Å². The van der Waals surface area contributed by atoms with Gasteiger partial charge in [-0.25, -0.2) is 9.55 Å². The fourth-order valence-electron chi connectivity index (χ4n) is 3.78. The number of hydrogen-bond donors (Lipinski definition) is 0. The van der Waals surface area contributed by atoms with Gasteiger partial charge in [0.15, 0.2) is 5.52 Å². The fraction of sp³-hybridized carbons (Fsp3) is 0.100. The maximum Gasteiger partial charge on any atom is 0.297 e. The Morgan fingerprint density at radius 1 is 0.913 bits per heavy atom. The first-order valence-electron chi connectivity index (χ1n) is 7.82. The van der Waals surface area contributed by atoms with Crippen molar-refractivity contribution in [3.8, 4) is 0 Å². The molecule has 0 bridgehead atoms. The number of aromatic nitrogens is 3. The van der Waals surface area contributed by atoms with Crippen molar-refractivity contribution in [2.24, 2.45) is 7.05 Å². The summed E-state index contributed by atoms with van der Waals surface area (Å²) in [5, 5.41) is 3.86. The normalized spacial score (nSPS) is 11.9. The van der Waals surface area contributed by atoms with Crippen molar-refractivity contribution in [2.75, 3.05) is 0 Å². The van der Waals surface area contributed by atoms with Gasteiger partial charge in [-0.1, -0.05) is 36.4 Å². The van der Waals surface area contributed by atoms with Crippen LogP contribution in [0.15, 0.2) is 60.8 Å². The largest absolute Gasteiger partial charge is 0.297 e. The SMILES string of the molecule is Cc1cccc2c3ccccc3n3c4ncccc4[n+](C)c3c12. The fourth-order valence-corrected chi connectivity index (χ4v) is 3.78. The summed E-state index contributed by atoms with van der Waals surface area (Å²) in [6.45, 7) is 2.18. The standard InChI is InChI=1S/C20H16N3/c1-13-7-5-9-15-14-8-3-4-10-16(14)23-19-17(11-6-12-21-19)22(2)20(23)18(13)15/h3-12H,1-2H3/q+1. The quantitative estimate of drug-likeness (QED) is 0.313. The molecule has 0 saturated heterocycles. The van der Waals surface area contributed by atoms with Gasteiger partial charge in [0.25, 0.3) is 11.3 Å². The van der Waals surface area contributed by atoms with E-state index < -0.39 is 0 Å². The van der Waals surface area contributed by atoms with E-state index in [1.165, 1.54) is 32.9 Å². The van der Waals surface area contributed by atoms with Gasteiger partial charge in [0.2, 0.25) is 0 Å². The van der Waals surface area contributed by atoms with Gasteiger partial charge in [-0.2, -0.15) is 4.40 Å². The zero-order valence-electron chi connectivity index (χ0n) is 13.1. The third kappa shape index (κ3) is 1.49. The highest BCUT2D eigenvalue weighted by Gasteiger charge is 2.24. The van der Waals surface area contributed by atoms with Gasteiger partial charge in [-0.3, -0.25) is 0 Å². The number of nitrogens with zero attached hydrogens (tertiary/aromatic N) is 3. The molecule has 3 heteroatoms. The Hall–Kier alpha value is -2.94. The lowest BCUT2D eigenvalue weighted by Gasteiger charge is -2.06. The number of fused-ring (bicyclic) bond motifs is 8. The zero-order valence-corrected chi connectivity index (χ0v) is 13.1. The second kappa shape index (κ2) is 4.29. The Kier molecular flexibility index (Phi) is 2.35. The Morgan fingerprint density at radius 3 is 2.65 bits per heavy atom. The van der Waals surface area contributed by atoms with E-state index in [0.717, 1.165) is 11.2 Å². The van der Waals surface area contributed by atoms with Crippen molar-refractivity contribution < 1.29 is 4.57 Å². The highest BCUT2D eigenvalue weighted by molar-refractivity contribution is 6.13. The number of rotatable bonds is 0. The highest BCUT2D eigenvalue weighted by Crippen LogP contribution is 2.32. The van der Waals surface area contributed by atoms with Gasteiger partial charge in [0, 0.05) is 17.0 Å². The number of pyridine rings is 2. The summed E-state index contributed by atoms with van der Waals surface area (Å²) in [4.78, 5) is 4.66. The molecule has 5 aromatic rings. The van der Waals surface area contributed by atoms with E-state index >= 15 is 0 Å².